The van der Waals surface area contributed by atoms with Crippen LogP contribution in [0.4, 0.5) is 0 Å². The van der Waals surface area contributed by atoms with Gasteiger partial charge in [-0.3, -0.25) is 4.79 Å². The highest BCUT2D eigenvalue weighted by Gasteiger charge is 2.13. The number of aliphatic hydroxyl groups excluding tert-OH is 1. The summed E-state index contributed by atoms with van der Waals surface area (Å²) in [4.78, 5) is 12.9. The van der Waals surface area contributed by atoms with Crippen molar-refractivity contribution in [3.63, 3.8) is 0 Å². The molecule has 3 rings (SSSR count). The van der Waals surface area contributed by atoms with Crippen LogP contribution in [-0.4, -0.2) is 17.6 Å². The van der Waals surface area contributed by atoms with Crippen LogP contribution in [0.3, 0.4) is 0 Å². The molecule has 0 bridgehead atoms. The van der Waals surface area contributed by atoms with Crippen LogP contribution in [0.5, 0.6) is 0 Å². The first-order valence-electron chi connectivity index (χ1n) is 6.72. The van der Waals surface area contributed by atoms with Crippen LogP contribution in [0.15, 0.2) is 52.3 Å². The van der Waals surface area contributed by atoms with Crippen molar-refractivity contribution in [3.8, 4) is 0 Å². The molecule has 0 saturated carbocycles. The van der Waals surface area contributed by atoms with Gasteiger partial charge >= 0.3 is 0 Å². The zero-order valence-electron chi connectivity index (χ0n) is 11.3. The summed E-state index contributed by atoms with van der Waals surface area (Å²) in [5, 5.41) is 15.5. The van der Waals surface area contributed by atoms with Crippen molar-refractivity contribution >= 4 is 28.2 Å². The van der Waals surface area contributed by atoms with Crippen molar-refractivity contribution < 1.29 is 14.3 Å². The lowest BCUT2D eigenvalue weighted by atomic mass is 10.2. The Labute approximate surface area is 126 Å². The summed E-state index contributed by atoms with van der Waals surface area (Å²) in [5.41, 5.74) is 0.696. The smallest absolute Gasteiger partial charge is 0.287 e. The molecule has 2 aromatic heterocycles. The molecule has 2 N–H and O–H groups in total. The summed E-state index contributed by atoms with van der Waals surface area (Å²) in [6, 6.07) is 13.0. The summed E-state index contributed by atoms with van der Waals surface area (Å²) in [5.74, 6) is 0.0337. The molecule has 1 atom stereocenters. The Hall–Kier alpha value is -2.11. The maximum Gasteiger partial charge on any atom is 0.287 e. The summed E-state index contributed by atoms with van der Waals surface area (Å²) in [6.45, 7) is 0.398. The van der Waals surface area contributed by atoms with Gasteiger partial charge in [0.25, 0.3) is 5.91 Å². The molecule has 0 aliphatic heterocycles. The standard InChI is InChI=1S/C16H15NO3S/c18-12(15-6-3-9-21-15)7-8-17-16(19)14-10-11-4-1-2-5-13(11)20-14/h1-6,9-10,12,18H,7-8H2,(H,17,19)/t12-/m0/s1. The van der Waals surface area contributed by atoms with Gasteiger partial charge in [0.2, 0.25) is 0 Å². The van der Waals surface area contributed by atoms with Crippen molar-refractivity contribution in [2.24, 2.45) is 0 Å². The van der Waals surface area contributed by atoms with Crippen LogP contribution in [0, 0.1) is 0 Å². The predicted octanol–water partition coefficient (Wildman–Crippen LogP) is 3.35. The fraction of sp³-hybridized carbons (Fsp3) is 0.188. The van der Waals surface area contributed by atoms with Gasteiger partial charge in [0, 0.05) is 16.8 Å². The van der Waals surface area contributed by atoms with E-state index < -0.39 is 6.10 Å². The minimum Gasteiger partial charge on any atom is -0.451 e. The molecule has 21 heavy (non-hydrogen) atoms. The van der Waals surface area contributed by atoms with Gasteiger partial charge in [0.05, 0.1) is 6.10 Å². The SMILES string of the molecule is O=C(NCC[C@H](O)c1cccs1)c1cc2ccccc2o1. The molecule has 4 nitrogen and oxygen atoms in total. The number of hydrogen-bond donors (Lipinski definition) is 2. The number of thiophene rings is 1. The lowest BCUT2D eigenvalue weighted by Crippen LogP contribution is -2.25. The van der Waals surface area contributed by atoms with E-state index in [1.165, 1.54) is 11.3 Å². The lowest BCUT2D eigenvalue weighted by Gasteiger charge is -2.08. The van der Waals surface area contributed by atoms with E-state index in [2.05, 4.69) is 5.32 Å². The fourth-order valence-electron chi connectivity index (χ4n) is 2.13. The molecule has 0 aliphatic carbocycles. The van der Waals surface area contributed by atoms with E-state index in [9.17, 15) is 9.90 Å². The maximum atomic E-state index is 12.0. The zero-order chi connectivity index (χ0) is 14.7. The van der Waals surface area contributed by atoms with Crippen LogP contribution < -0.4 is 5.32 Å². The van der Waals surface area contributed by atoms with Gasteiger partial charge in [-0.1, -0.05) is 24.3 Å². The molecule has 0 unspecified atom stereocenters. The topological polar surface area (TPSA) is 62.5 Å². The van der Waals surface area contributed by atoms with Crippen molar-refractivity contribution in [2.75, 3.05) is 6.54 Å². The molecule has 0 spiro atoms. The van der Waals surface area contributed by atoms with Crippen molar-refractivity contribution in [1.29, 1.82) is 0 Å². The minimum atomic E-state index is -0.541. The molecular weight excluding hydrogens is 286 g/mol. The van der Waals surface area contributed by atoms with Crippen molar-refractivity contribution in [3.05, 3.63) is 58.5 Å². The van der Waals surface area contributed by atoms with E-state index in [1.807, 2.05) is 41.8 Å². The number of aliphatic hydroxyl groups is 1. The Kier molecular flexibility index (Phi) is 4.03. The second-order valence-corrected chi connectivity index (χ2v) is 5.70. The number of fused-ring (bicyclic) bond motifs is 1. The number of rotatable bonds is 5. The van der Waals surface area contributed by atoms with E-state index in [-0.39, 0.29) is 5.91 Å². The minimum absolute atomic E-state index is 0.260. The number of carbonyl (C=O) groups is 1. The molecule has 5 heteroatoms. The third-order valence-electron chi connectivity index (χ3n) is 3.22. The van der Waals surface area contributed by atoms with E-state index >= 15 is 0 Å². The Morgan fingerprint density at radius 1 is 1.29 bits per heavy atom. The van der Waals surface area contributed by atoms with E-state index in [0.29, 0.717) is 24.3 Å². The maximum absolute atomic E-state index is 12.0. The Bertz CT molecular complexity index is 700. The molecule has 1 amide bonds. The normalized spacial score (nSPS) is 12.4. The third-order valence-corrected chi connectivity index (χ3v) is 4.20. The Balaban J connectivity index is 1.56. The van der Waals surface area contributed by atoms with Crippen molar-refractivity contribution in [1.82, 2.24) is 5.32 Å². The van der Waals surface area contributed by atoms with E-state index in [4.69, 9.17) is 4.42 Å². The molecule has 0 radical (unpaired) electrons. The van der Waals surface area contributed by atoms with Crippen molar-refractivity contribution in [2.45, 2.75) is 12.5 Å². The highest BCUT2D eigenvalue weighted by atomic mass is 32.1. The largest absolute Gasteiger partial charge is 0.451 e. The first kappa shape index (κ1) is 13.9. The summed E-state index contributed by atoms with van der Waals surface area (Å²) >= 11 is 1.51. The molecular formula is C16H15NO3S. The second kappa shape index (κ2) is 6.11. The van der Waals surface area contributed by atoms with Crippen LogP contribution in [0.25, 0.3) is 11.0 Å². The lowest BCUT2D eigenvalue weighted by molar-refractivity contribution is 0.0918. The number of furan rings is 1. The van der Waals surface area contributed by atoms with Gasteiger partial charge in [-0.15, -0.1) is 11.3 Å². The average Bonchev–Trinajstić information content (AvgIpc) is 3.16. The molecule has 1 aromatic carbocycles. The Morgan fingerprint density at radius 2 is 2.14 bits per heavy atom. The van der Waals surface area contributed by atoms with Crippen LogP contribution in [0.2, 0.25) is 0 Å². The number of benzene rings is 1. The van der Waals surface area contributed by atoms with Gasteiger partial charge in [0.15, 0.2) is 5.76 Å². The summed E-state index contributed by atoms with van der Waals surface area (Å²) < 4.78 is 5.49. The Morgan fingerprint density at radius 3 is 2.90 bits per heavy atom. The molecule has 0 saturated heterocycles. The monoisotopic (exact) mass is 301 g/mol. The van der Waals surface area contributed by atoms with E-state index in [0.717, 1.165) is 10.3 Å². The number of carbonyl (C=O) groups excluding carboxylic acids is 1. The molecule has 3 aromatic rings. The number of hydrogen-bond acceptors (Lipinski definition) is 4. The van der Waals surface area contributed by atoms with Crippen LogP contribution in [-0.2, 0) is 0 Å². The highest BCUT2D eigenvalue weighted by Crippen LogP contribution is 2.21. The molecule has 2 heterocycles. The molecule has 0 aliphatic rings. The fourth-order valence-corrected chi connectivity index (χ4v) is 2.87. The summed E-state index contributed by atoms with van der Waals surface area (Å²) in [6.07, 6.45) is -0.0621. The van der Waals surface area contributed by atoms with Gasteiger partial charge in [-0.25, -0.2) is 0 Å². The number of amides is 1. The number of nitrogens with one attached hydrogen (secondary N) is 1. The first-order valence-corrected chi connectivity index (χ1v) is 7.60. The number of para-hydroxylation sites is 1. The zero-order valence-corrected chi connectivity index (χ0v) is 12.1. The second-order valence-electron chi connectivity index (χ2n) is 4.72. The molecule has 0 fully saturated rings. The predicted molar refractivity (Wildman–Crippen MR) is 82.4 cm³/mol. The average molecular weight is 301 g/mol. The van der Waals surface area contributed by atoms with E-state index in [1.54, 1.807) is 6.07 Å². The third kappa shape index (κ3) is 3.15. The molecule has 108 valence electrons. The quantitative estimate of drug-likeness (QED) is 0.759. The van der Waals surface area contributed by atoms with Gasteiger partial charge in [-0.05, 0) is 30.0 Å². The summed E-state index contributed by atoms with van der Waals surface area (Å²) in [7, 11) is 0. The van der Waals surface area contributed by atoms with Crippen LogP contribution in [0.1, 0.15) is 28.0 Å². The van der Waals surface area contributed by atoms with Crippen LogP contribution >= 0.6 is 11.3 Å². The first-order chi connectivity index (χ1) is 10.2. The van der Waals surface area contributed by atoms with Gasteiger partial charge in [0.1, 0.15) is 5.58 Å². The van der Waals surface area contributed by atoms with Gasteiger partial charge in [-0.2, -0.15) is 0 Å². The highest BCUT2D eigenvalue weighted by molar-refractivity contribution is 7.10. The van der Waals surface area contributed by atoms with Gasteiger partial charge < -0.3 is 14.8 Å².